The van der Waals surface area contributed by atoms with Crippen LogP contribution in [0.5, 0.6) is 0 Å². The van der Waals surface area contributed by atoms with Crippen LogP contribution in [0.3, 0.4) is 0 Å². The van der Waals surface area contributed by atoms with E-state index in [1.54, 1.807) is 0 Å². The second-order valence-electron chi connectivity index (χ2n) is 4.52. The van der Waals surface area contributed by atoms with Gasteiger partial charge in [-0.3, -0.25) is 4.57 Å². The van der Waals surface area contributed by atoms with Gasteiger partial charge in [0, 0.05) is 6.20 Å². The Morgan fingerprint density at radius 2 is 2.05 bits per heavy atom. The lowest BCUT2D eigenvalue weighted by atomic mass is 9.96. The fraction of sp³-hybridized carbons (Fsp3) is 0.600. The lowest BCUT2D eigenvalue weighted by Gasteiger charge is -2.26. The number of aromatic nitrogens is 2. The average Bonchev–Trinajstić information content (AvgIpc) is 2.66. The summed E-state index contributed by atoms with van der Waals surface area (Å²) in [5.41, 5.74) is -3.26. The SMILES string of the molecule is OC[C@@]1(F)O[C@@H](n2cc(F)c(=S)[nH]c2=S)[C@@](F)(CF)C1O. The Bertz CT molecular complexity index is 668. The van der Waals surface area contributed by atoms with Crippen molar-refractivity contribution in [3.63, 3.8) is 0 Å². The number of aliphatic hydroxyl groups excluding tert-OH is 2. The van der Waals surface area contributed by atoms with E-state index in [0.29, 0.717) is 10.8 Å². The summed E-state index contributed by atoms with van der Waals surface area (Å²) in [7, 11) is 0. The fourth-order valence-corrected chi connectivity index (χ4v) is 2.49. The minimum Gasteiger partial charge on any atom is -0.390 e. The van der Waals surface area contributed by atoms with Crippen LogP contribution in [-0.2, 0) is 4.74 Å². The maximum atomic E-state index is 14.5. The minimum absolute atomic E-state index is 0.365. The topological polar surface area (TPSA) is 70.4 Å². The van der Waals surface area contributed by atoms with Crippen molar-refractivity contribution in [2.24, 2.45) is 0 Å². The highest BCUT2D eigenvalue weighted by Gasteiger charge is 2.66. The van der Waals surface area contributed by atoms with E-state index < -0.39 is 43.0 Å². The minimum atomic E-state index is -3.26. The number of hydrogen-bond acceptors (Lipinski definition) is 5. The van der Waals surface area contributed by atoms with E-state index in [1.165, 1.54) is 0 Å². The Labute approximate surface area is 125 Å². The van der Waals surface area contributed by atoms with Crippen molar-refractivity contribution in [3.8, 4) is 0 Å². The van der Waals surface area contributed by atoms with Crippen LogP contribution < -0.4 is 0 Å². The number of nitrogens with zero attached hydrogens (tertiary/aromatic N) is 1. The van der Waals surface area contributed by atoms with E-state index in [1.807, 2.05) is 0 Å². The van der Waals surface area contributed by atoms with E-state index in [4.69, 9.17) is 17.3 Å². The van der Waals surface area contributed by atoms with Crippen molar-refractivity contribution in [2.75, 3.05) is 13.3 Å². The number of rotatable bonds is 3. The number of H-pyrrole nitrogens is 1. The van der Waals surface area contributed by atoms with Crippen LogP contribution in [0.15, 0.2) is 6.20 Å². The van der Waals surface area contributed by atoms with Gasteiger partial charge in [-0.25, -0.2) is 17.6 Å². The Hall–Kier alpha value is -0.880. The molecule has 4 atom stereocenters. The van der Waals surface area contributed by atoms with Gasteiger partial charge in [0.05, 0.1) is 0 Å². The number of ether oxygens (including phenoxy) is 1. The molecule has 0 radical (unpaired) electrons. The largest absolute Gasteiger partial charge is 0.390 e. The third kappa shape index (κ3) is 2.42. The van der Waals surface area contributed by atoms with Gasteiger partial charge in [-0.05, 0) is 12.2 Å². The number of nitrogens with one attached hydrogen (secondary N) is 1. The standard InChI is InChI=1S/C10H10F4N2O3S2/c11-2-9(13)6(18)10(14,3-17)19-7(9)16-1-4(12)5(20)15-8(16)21/h1,6-7,17-18H,2-3H2,(H,15,20,21)/t6?,7-,9-,10-/m1/s1. The molecule has 118 valence electrons. The number of alkyl halides is 3. The number of halogens is 4. The zero-order chi connectivity index (χ0) is 16.0. The quantitative estimate of drug-likeness (QED) is 0.573. The Morgan fingerprint density at radius 3 is 2.57 bits per heavy atom. The van der Waals surface area contributed by atoms with Gasteiger partial charge < -0.3 is 19.9 Å². The monoisotopic (exact) mass is 346 g/mol. The molecule has 0 saturated carbocycles. The van der Waals surface area contributed by atoms with Crippen molar-refractivity contribution in [2.45, 2.75) is 23.9 Å². The third-order valence-corrected chi connectivity index (χ3v) is 3.79. The first kappa shape index (κ1) is 16.5. The molecule has 5 nitrogen and oxygen atoms in total. The molecule has 1 aromatic rings. The first-order valence-corrected chi connectivity index (χ1v) is 6.43. The molecule has 1 aromatic heterocycles. The van der Waals surface area contributed by atoms with Crippen molar-refractivity contribution >= 4 is 24.4 Å². The summed E-state index contributed by atoms with van der Waals surface area (Å²) in [6.07, 6.45) is -4.15. The van der Waals surface area contributed by atoms with Gasteiger partial charge >= 0.3 is 0 Å². The molecule has 1 unspecified atom stereocenters. The summed E-state index contributed by atoms with van der Waals surface area (Å²) >= 11 is 9.34. The summed E-state index contributed by atoms with van der Waals surface area (Å²) in [6.45, 7) is -3.27. The molecule has 1 aliphatic heterocycles. The van der Waals surface area contributed by atoms with Crippen molar-refractivity contribution in [3.05, 3.63) is 21.4 Å². The Balaban J connectivity index is 2.60. The molecule has 11 heteroatoms. The Morgan fingerprint density at radius 1 is 1.43 bits per heavy atom. The van der Waals surface area contributed by atoms with Crippen LogP contribution in [0.4, 0.5) is 17.6 Å². The maximum absolute atomic E-state index is 14.5. The van der Waals surface area contributed by atoms with Gasteiger partial charge in [-0.15, -0.1) is 0 Å². The van der Waals surface area contributed by atoms with Crippen LogP contribution in [0.1, 0.15) is 6.23 Å². The molecule has 1 aliphatic rings. The fourth-order valence-electron chi connectivity index (χ4n) is 2.03. The predicted octanol–water partition coefficient (Wildman–Crippen LogP) is 1.64. The van der Waals surface area contributed by atoms with Gasteiger partial charge in [-0.1, -0.05) is 12.2 Å². The maximum Gasteiger partial charge on any atom is 0.264 e. The van der Waals surface area contributed by atoms with E-state index >= 15 is 0 Å². The lowest BCUT2D eigenvalue weighted by molar-refractivity contribution is -0.207. The zero-order valence-corrected chi connectivity index (χ0v) is 11.9. The van der Waals surface area contributed by atoms with E-state index in [0.717, 1.165) is 0 Å². The molecule has 0 spiro atoms. The molecule has 0 amide bonds. The van der Waals surface area contributed by atoms with Gasteiger partial charge in [0.1, 0.15) is 17.9 Å². The van der Waals surface area contributed by atoms with E-state index in [2.05, 4.69) is 21.9 Å². The second kappa shape index (κ2) is 5.39. The first-order chi connectivity index (χ1) is 9.69. The first-order valence-electron chi connectivity index (χ1n) is 5.61. The highest BCUT2D eigenvalue weighted by molar-refractivity contribution is 7.72. The lowest BCUT2D eigenvalue weighted by Crippen LogP contribution is -2.49. The predicted molar refractivity (Wildman–Crippen MR) is 67.3 cm³/mol. The zero-order valence-electron chi connectivity index (χ0n) is 10.2. The van der Waals surface area contributed by atoms with Crippen LogP contribution in [-0.4, -0.2) is 50.7 Å². The molecule has 0 aromatic carbocycles. The molecular weight excluding hydrogens is 336 g/mol. The summed E-state index contributed by atoms with van der Waals surface area (Å²) in [5.74, 6) is -4.28. The van der Waals surface area contributed by atoms with Crippen molar-refractivity contribution in [1.29, 1.82) is 0 Å². The number of aliphatic hydroxyl groups is 2. The molecule has 1 saturated heterocycles. The highest BCUT2D eigenvalue weighted by Crippen LogP contribution is 2.47. The average molecular weight is 346 g/mol. The molecular formula is C10H10F4N2O3S2. The third-order valence-electron chi connectivity index (χ3n) is 3.18. The number of hydrogen-bond donors (Lipinski definition) is 3. The summed E-state index contributed by atoms with van der Waals surface area (Å²) < 4.78 is 59.5. The van der Waals surface area contributed by atoms with Crippen LogP contribution in [0.2, 0.25) is 0 Å². The smallest absolute Gasteiger partial charge is 0.264 e. The van der Waals surface area contributed by atoms with Gasteiger partial charge in [-0.2, -0.15) is 0 Å². The molecule has 21 heavy (non-hydrogen) atoms. The van der Waals surface area contributed by atoms with Crippen molar-refractivity contribution in [1.82, 2.24) is 9.55 Å². The summed E-state index contributed by atoms with van der Waals surface area (Å²) in [5, 5.41) is 18.4. The van der Waals surface area contributed by atoms with E-state index in [9.17, 15) is 22.7 Å². The molecule has 0 bridgehead atoms. The summed E-state index contributed by atoms with van der Waals surface area (Å²) in [4.78, 5) is 2.19. The van der Waals surface area contributed by atoms with Gasteiger partial charge in [0.25, 0.3) is 5.85 Å². The molecule has 2 heterocycles. The second-order valence-corrected chi connectivity index (χ2v) is 5.32. The molecule has 3 N–H and O–H groups in total. The molecule has 1 fully saturated rings. The van der Waals surface area contributed by atoms with Crippen LogP contribution in [0.25, 0.3) is 0 Å². The Kier molecular flexibility index (Phi) is 4.23. The number of aromatic amines is 1. The van der Waals surface area contributed by atoms with Gasteiger partial charge in [0.2, 0.25) is 5.67 Å². The normalized spacial score (nSPS) is 36.1. The highest BCUT2D eigenvalue weighted by atomic mass is 32.1. The van der Waals surface area contributed by atoms with Crippen LogP contribution in [0, 0.1) is 15.2 Å². The van der Waals surface area contributed by atoms with Crippen molar-refractivity contribution < 1.29 is 32.5 Å². The van der Waals surface area contributed by atoms with Crippen LogP contribution >= 0.6 is 24.4 Å². The molecule has 2 rings (SSSR count). The van der Waals surface area contributed by atoms with Gasteiger partial charge in [0.15, 0.2) is 22.9 Å². The summed E-state index contributed by atoms with van der Waals surface area (Å²) in [6, 6.07) is 0. The van der Waals surface area contributed by atoms with E-state index in [-0.39, 0.29) is 9.41 Å². The molecule has 0 aliphatic carbocycles.